The number of anilines is 1. The van der Waals surface area contributed by atoms with Crippen LogP contribution in [0.1, 0.15) is 62.8 Å². The van der Waals surface area contributed by atoms with Crippen LogP contribution in [0.25, 0.3) is 10.9 Å². The number of nitrogens with zero attached hydrogens (tertiary/aromatic N) is 3. The third-order valence-corrected chi connectivity index (χ3v) is 5.16. The van der Waals surface area contributed by atoms with Crippen LogP contribution in [0.15, 0.2) is 53.5 Å². The van der Waals surface area contributed by atoms with Crippen LogP contribution in [-0.2, 0) is 0 Å². The summed E-state index contributed by atoms with van der Waals surface area (Å²) in [4.78, 5) is 13.2. The molecule has 1 fully saturated rings. The molecular weight excluding hydrogens is 358 g/mol. The molecule has 1 aromatic heterocycles. The second kappa shape index (κ2) is 10.6. The van der Waals surface area contributed by atoms with Crippen molar-refractivity contribution in [3.05, 3.63) is 59.9 Å². The van der Waals surface area contributed by atoms with E-state index >= 15 is 0 Å². The normalized spacial score (nSPS) is 15.1. The highest BCUT2D eigenvalue weighted by molar-refractivity contribution is 6.04. The van der Waals surface area contributed by atoms with Crippen molar-refractivity contribution >= 4 is 28.2 Å². The van der Waals surface area contributed by atoms with E-state index in [0.29, 0.717) is 28.7 Å². The van der Waals surface area contributed by atoms with E-state index in [0.717, 1.165) is 10.9 Å². The van der Waals surface area contributed by atoms with Crippen molar-refractivity contribution in [3.8, 4) is 0 Å². The van der Waals surface area contributed by atoms with Crippen molar-refractivity contribution in [3.63, 3.8) is 0 Å². The van der Waals surface area contributed by atoms with E-state index in [1.807, 2.05) is 49.4 Å². The van der Waals surface area contributed by atoms with Crippen LogP contribution in [0.2, 0.25) is 0 Å². The molecule has 1 saturated carbocycles. The maximum Gasteiger partial charge on any atom is 0.165 e. The predicted molar refractivity (Wildman–Crippen MR) is 122 cm³/mol. The molecule has 0 atom stereocenters. The molecule has 1 aliphatic rings. The minimum absolute atomic E-state index is 0.344. The third-order valence-electron chi connectivity index (χ3n) is 5.16. The minimum Gasteiger partial charge on any atom is -0.398 e. The second-order valence-electron chi connectivity index (χ2n) is 7.52. The number of hydrogen-bond donors (Lipinski definition) is 2. The molecule has 0 spiro atoms. The largest absolute Gasteiger partial charge is 0.398 e. The van der Waals surface area contributed by atoms with Crippen LogP contribution >= 0.6 is 0 Å². The summed E-state index contributed by atoms with van der Waals surface area (Å²) in [5.41, 5.74) is 14.1. The van der Waals surface area contributed by atoms with Crippen molar-refractivity contribution in [2.24, 2.45) is 10.7 Å². The highest BCUT2D eigenvalue weighted by Crippen LogP contribution is 2.23. The van der Waals surface area contributed by atoms with Crippen LogP contribution in [0.3, 0.4) is 0 Å². The van der Waals surface area contributed by atoms with Gasteiger partial charge in [0.1, 0.15) is 11.7 Å². The summed E-state index contributed by atoms with van der Waals surface area (Å²) < 4.78 is 0. The fourth-order valence-corrected chi connectivity index (χ4v) is 3.58. The monoisotopic (exact) mass is 389 g/mol. The van der Waals surface area contributed by atoms with Gasteiger partial charge in [0.25, 0.3) is 0 Å². The van der Waals surface area contributed by atoms with Gasteiger partial charge in [-0.15, -0.1) is 0 Å². The van der Waals surface area contributed by atoms with Crippen molar-refractivity contribution in [1.82, 2.24) is 9.97 Å². The van der Waals surface area contributed by atoms with Crippen molar-refractivity contribution < 1.29 is 0 Å². The second-order valence-corrected chi connectivity index (χ2v) is 7.52. The zero-order valence-electron chi connectivity index (χ0n) is 17.3. The third kappa shape index (κ3) is 6.01. The number of aromatic nitrogens is 2. The Hall–Kier alpha value is -2.95. The first-order chi connectivity index (χ1) is 14.1. The summed E-state index contributed by atoms with van der Waals surface area (Å²) in [7, 11) is 0. The first-order valence-corrected chi connectivity index (χ1v) is 10.6. The van der Waals surface area contributed by atoms with Gasteiger partial charge in [0.2, 0.25) is 0 Å². The lowest BCUT2D eigenvalue weighted by Gasteiger charge is -2.06. The van der Waals surface area contributed by atoms with E-state index in [2.05, 4.69) is 15.0 Å². The van der Waals surface area contributed by atoms with Crippen molar-refractivity contribution in [2.75, 3.05) is 5.73 Å². The topological polar surface area (TPSA) is 90.2 Å². The average molecular weight is 390 g/mol. The first kappa shape index (κ1) is 20.8. The lowest BCUT2D eigenvalue weighted by atomic mass is 10.0. The number of aliphatic imine (C=N–C) groups is 1. The summed E-state index contributed by atoms with van der Waals surface area (Å²) in [6.07, 6.45) is 12.0. The van der Waals surface area contributed by atoms with Gasteiger partial charge in [-0.1, -0.05) is 75.6 Å². The van der Waals surface area contributed by atoms with Gasteiger partial charge in [-0.05, 0) is 31.2 Å². The highest BCUT2D eigenvalue weighted by Gasteiger charge is 2.07. The number of rotatable bonds is 2. The van der Waals surface area contributed by atoms with Gasteiger partial charge in [-0.2, -0.15) is 0 Å². The molecule has 3 aromatic rings. The maximum absolute atomic E-state index is 6.08. The molecule has 1 aliphatic carbocycles. The molecule has 0 amide bonds. The maximum atomic E-state index is 6.08. The van der Waals surface area contributed by atoms with E-state index in [4.69, 9.17) is 11.5 Å². The molecule has 4 N–H and O–H groups in total. The Morgan fingerprint density at radius 3 is 1.97 bits per heavy atom. The number of amidine groups is 1. The number of benzene rings is 2. The predicted octanol–water partition coefficient (Wildman–Crippen LogP) is 5.68. The van der Waals surface area contributed by atoms with Crippen LogP contribution < -0.4 is 11.5 Å². The fourth-order valence-electron chi connectivity index (χ4n) is 3.58. The number of hydrogen-bond acceptors (Lipinski definition) is 4. The Morgan fingerprint density at radius 2 is 1.34 bits per heavy atom. The van der Waals surface area contributed by atoms with Gasteiger partial charge in [0.15, 0.2) is 5.82 Å². The summed E-state index contributed by atoms with van der Waals surface area (Å²) in [6, 6.07) is 15.1. The average Bonchev–Trinajstić information content (AvgIpc) is 2.68. The Bertz CT molecular complexity index is 940. The smallest absolute Gasteiger partial charge is 0.165 e. The van der Waals surface area contributed by atoms with Crippen LogP contribution in [0, 0.1) is 6.92 Å². The van der Waals surface area contributed by atoms with Crippen LogP contribution in [-0.4, -0.2) is 15.8 Å². The number of nitrogen functional groups attached to an aromatic ring is 1. The molecule has 5 heteroatoms. The zero-order chi connectivity index (χ0) is 20.5. The van der Waals surface area contributed by atoms with Gasteiger partial charge in [0, 0.05) is 16.6 Å². The van der Waals surface area contributed by atoms with E-state index in [-0.39, 0.29) is 0 Å². The SMILES string of the molecule is C1CCCCCCC1.Cc1nc(N=C(N)c2ccccc2N)c2ccccc2n1. The van der Waals surface area contributed by atoms with Gasteiger partial charge < -0.3 is 11.5 Å². The van der Waals surface area contributed by atoms with E-state index in [9.17, 15) is 0 Å². The Labute approximate surface area is 173 Å². The summed E-state index contributed by atoms with van der Waals surface area (Å²) in [5, 5.41) is 0.862. The molecule has 0 bridgehead atoms. The molecule has 1 heterocycles. The fraction of sp³-hybridized carbons (Fsp3) is 0.375. The molecule has 4 rings (SSSR count). The Balaban J connectivity index is 0.000000252. The highest BCUT2D eigenvalue weighted by atomic mass is 15.0. The van der Waals surface area contributed by atoms with Crippen molar-refractivity contribution in [2.45, 2.75) is 58.3 Å². The Morgan fingerprint density at radius 1 is 0.793 bits per heavy atom. The number of para-hydroxylation sites is 2. The summed E-state index contributed by atoms with van der Waals surface area (Å²) >= 11 is 0. The van der Waals surface area contributed by atoms with Gasteiger partial charge in [-0.3, -0.25) is 0 Å². The molecule has 0 saturated heterocycles. The van der Waals surface area contributed by atoms with Crippen LogP contribution in [0.5, 0.6) is 0 Å². The summed E-state index contributed by atoms with van der Waals surface area (Å²) in [5.74, 6) is 1.55. The quantitative estimate of drug-likeness (QED) is 0.335. The van der Waals surface area contributed by atoms with E-state index < -0.39 is 0 Å². The molecule has 152 valence electrons. The standard InChI is InChI=1S/C16H15N5.C8H16/c1-10-19-14-9-5-3-7-12(14)16(20-10)21-15(18)11-6-2-4-8-13(11)17;1-2-4-6-8-7-5-3-1/h2-9H,17H2,1H3,(H2,18,19,20,21);1-8H2. The lowest BCUT2D eigenvalue weighted by molar-refractivity contribution is 0.504. The lowest BCUT2D eigenvalue weighted by Crippen LogP contribution is -2.15. The number of fused-ring (bicyclic) bond motifs is 1. The molecule has 0 unspecified atom stereocenters. The number of nitrogens with two attached hydrogens (primary N) is 2. The minimum atomic E-state index is 0.344. The first-order valence-electron chi connectivity index (χ1n) is 10.6. The Kier molecular flexibility index (Phi) is 7.56. The molecule has 0 radical (unpaired) electrons. The molecule has 0 aliphatic heterocycles. The molecule has 29 heavy (non-hydrogen) atoms. The van der Waals surface area contributed by atoms with Gasteiger partial charge in [0.05, 0.1) is 5.52 Å². The van der Waals surface area contributed by atoms with Gasteiger partial charge in [-0.25, -0.2) is 15.0 Å². The van der Waals surface area contributed by atoms with Crippen LogP contribution in [0.4, 0.5) is 11.5 Å². The summed E-state index contributed by atoms with van der Waals surface area (Å²) in [6.45, 7) is 1.83. The molecular formula is C24H31N5. The van der Waals surface area contributed by atoms with Crippen molar-refractivity contribution in [1.29, 1.82) is 0 Å². The number of aryl methyl sites for hydroxylation is 1. The molecule has 2 aromatic carbocycles. The van der Waals surface area contributed by atoms with Gasteiger partial charge >= 0.3 is 0 Å². The molecule has 5 nitrogen and oxygen atoms in total. The van der Waals surface area contributed by atoms with E-state index in [1.54, 1.807) is 6.07 Å². The zero-order valence-corrected chi connectivity index (χ0v) is 17.3. The van der Waals surface area contributed by atoms with E-state index in [1.165, 1.54) is 51.4 Å².